The van der Waals surface area contributed by atoms with Crippen LogP contribution in [0.1, 0.15) is 52.3 Å². The lowest BCUT2D eigenvalue weighted by Crippen LogP contribution is -2.38. The maximum absolute atomic E-state index is 14.8. The molecular formula is C30H34FN7O. The molecule has 0 bridgehead atoms. The molecule has 39 heavy (non-hydrogen) atoms. The molecule has 9 heteroatoms. The highest BCUT2D eigenvalue weighted by atomic mass is 19.1. The fourth-order valence-corrected chi connectivity index (χ4v) is 5.47. The summed E-state index contributed by atoms with van der Waals surface area (Å²) in [6.07, 6.45) is 7.32. The molecule has 202 valence electrons. The van der Waals surface area contributed by atoms with Gasteiger partial charge in [-0.05, 0) is 76.9 Å². The molecule has 5 heterocycles. The van der Waals surface area contributed by atoms with Gasteiger partial charge >= 0.3 is 0 Å². The number of benzene rings is 1. The number of pyridine rings is 1. The van der Waals surface area contributed by atoms with E-state index in [4.69, 9.17) is 0 Å². The molecular weight excluding hydrogens is 493 g/mol. The van der Waals surface area contributed by atoms with Gasteiger partial charge in [0, 0.05) is 60.4 Å². The number of hydrogen-bond acceptors (Lipinski definition) is 6. The van der Waals surface area contributed by atoms with E-state index in [1.54, 1.807) is 36.6 Å². The minimum absolute atomic E-state index is 0.298. The van der Waals surface area contributed by atoms with E-state index in [1.807, 2.05) is 6.07 Å². The van der Waals surface area contributed by atoms with E-state index in [2.05, 4.69) is 68.0 Å². The van der Waals surface area contributed by atoms with Crippen molar-refractivity contribution in [1.82, 2.24) is 29.0 Å². The first-order valence-electron chi connectivity index (χ1n) is 13.5. The van der Waals surface area contributed by atoms with Crippen molar-refractivity contribution >= 4 is 33.6 Å². The summed E-state index contributed by atoms with van der Waals surface area (Å²) in [6.45, 7) is 10.1. The summed E-state index contributed by atoms with van der Waals surface area (Å²) in [5.41, 5.74) is 1.83. The normalized spacial score (nSPS) is 15.6. The van der Waals surface area contributed by atoms with Crippen molar-refractivity contribution in [3.8, 4) is 5.82 Å². The van der Waals surface area contributed by atoms with Crippen LogP contribution in [-0.2, 0) is 5.60 Å². The van der Waals surface area contributed by atoms with E-state index in [1.165, 1.54) is 17.9 Å². The van der Waals surface area contributed by atoms with Crippen LogP contribution in [0.5, 0.6) is 0 Å². The third kappa shape index (κ3) is 4.88. The largest absolute Gasteiger partial charge is 0.384 e. The van der Waals surface area contributed by atoms with Crippen LogP contribution >= 0.6 is 0 Å². The second kappa shape index (κ2) is 9.73. The molecule has 0 unspecified atom stereocenters. The fraction of sp³-hybridized carbons (Fsp3) is 0.367. The summed E-state index contributed by atoms with van der Waals surface area (Å²) >= 11 is 0. The van der Waals surface area contributed by atoms with Crippen LogP contribution in [0.2, 0.25) is 0 Å². The number of nitrogens with zero attached hydrogens (tertiary/aromatic N) is 6. The van der Waals surface area contributed by atoms with E-state index >= 15 is 0 Å². The maximum Gasteiger partial charge on any atom is 0.229 e. The molecule has 1 aromatic carbocycles. The van der Waals surface area contributed by atoms with Crippen LogP contribution in [0.3, 0.4) is 0 Å². The summed E-state index contributed by atoms with van der Waals surface area (Å²) in [6, 6.07) is 14.8. The summed E-state index contributed by atoms with van der Waals surface area (Å²) in [4.78, 5) is 16.1. The predicted octanol–water partition coefficient (Wildman–Crippen LogP) is 5.93. The second-order valence-electron chi connectivity index (χ2n) is 11.2. The Balaban J connectivity index is 1.27. The summed E-state index contributed by atoms with van der Waals surface area (Å²) in [5.74, 6) is 0.393. The van der Waals surface area contributed by atoms with Crippen LogP contribution in [0.4, 0.5) is 16.0 Å². The predicted molar refractivity (Wildman–Crippen MR) is 152 cm³/mol. The Bertz CT molecular complexity index is 1640. The zero-order valence-corrected chi connectivity index (χ0v) is 22.8. The number of halogens is 1. The molecule has 0 amide bonds. The van der Waals surface area contributed by atoms with Gasteiger partial charge in [-0.1, -0.05) is 6.07 Å². The Morgan fingerprint density at radius 3 is 2.62 bits per heavy atom. The van der Waals surface area contributed by atoms with Gasteiger partial charge in [0.2, 0.25) is 5.95 Å². The second-order valence-corrected chi connectivity index (χ2v) is 11.2. The standard InChI is InChI=1S/C30H34FN7O/c1-19(2)36-13-11-22(12-14-36)37-15-10-20-16-21(8-9-25(20)37)33-29-32-17-23-24(31)18-38(28(23)35-29)27-7-5-6-26(34-27)30(3,4)39/h5-10,15-19,22,39H,11-14H2,1-4H3,(H,32,33,35). The molecule has 0 saturated carbocycles. The van der Waals surface area contributed by atoms with E-state index < -0.39 is 11.4 Å². The minimum atomic E-state index is -1.12. The highest BCUT2D eigenvalue weighted by Crippen LogP contribution is 2.31. The third-order valence-electron chi connectivity index (χ3n) is 7.70. The van der Waals surface area contributed by atoms with Gasteiger partial charge in [0.05, 0.1) is 11.1 Å². The number of rotatable bonds is 6. The van der Waals surface area contributed by atoms with Gasteiger partial charge in [0.25, 0.3) is 0 Å². The number of fused-ring (bicyclic) bond motifs is 2. The summed E-state index contributed by atoms with van der Waals surface area (Å²) in [7, 11) is 0. The molecule has 5 aromatic rings. The van der Waals surface area contributed by atoms with Crippen molar-refractivity contribution in [2.24, 2.45) is 0 Å². The van der Waals surface area contributed by atoms with Crippen LogP contribution in [-0.4, -0.2) is 53.2 Å². The molecule has 0 aliphatic carbocycles. The molecule has 1 aliphatic heterocycles. The Morgan fingerprint density at radius 1 is 1.08 bits per heavy atom. The molecule has 6 rings (SSSR count). The van der Waals surface area contributed by atoms with Gasteiger partial charge in [-0.15, -0.1) is 0 Å². The monoisotopic (exact) mass is 527 g/mol. The quantitative estimate of drug-likeness (QED) is 0.285. The van der Waals surface area contributed by atoms with Crippen molar-refractivity contribution in [2.75, 3.05) is 18.4 Å². The van der Waals surface area contributed by atoms with Crippen molar-refractivity contribution in [1.29, 1.82) is 0 Å². The van der Waals surface area contributed by atoms with Gasteiger partial charge in [-0.2, -0.15) is 4.98 Å². The Kier molecular flexibility index (Phi) is 6.35. The van der Waals surface area contributed by atoms with Crippen LogP contribution in [0, 0.1) is 5.82 Å². The number of aromatic nitrogens is 5. The van der Waals surface area contributed by atoms with E-state index in [-0.39, 0.29) is 0 Å². The number of piperidine rings is 1. The molecule has 0 spiro atoms. The minimum Gasteiger partial charge on any atom is -0.384 e. The Labute approximate surface area is 227 Å². The Morgan fingerprint density at radius 2 is 1.87 bits per heavy atom. The molecule has 1 fully saturated rings. The van der Waals surface area contributed by atoms with Gasteiger partial charge in [-0.3, -0.25) is 4.57 Å². The number of anilines is 2. The molecule has 0 radical (unpaired) electrons. The number of likely N-dealkylation sites (tertiary alicyclic amines) is 1. The van der Waals surface area contributed by atoms with E-state index in [0.29, 0.717) is 40.6 Å². The summed E-state index contributed by atoms with van der Waals surface area (Å²) in [5, 5.41) is 15.1. The fourth-order valence-electron chi connectivity index (χ4n) is 5.47. The van der Waals surface area contributed by atoms with Crippen molar-refractivity contribution in [3.05, 3.63) is 72.6 Å². The number of nitrogens with one attached hydrogen (secondary N) is 1. The third-order valence-corrected chi connectivity index (χ3v) is 7.70. The highest BCUT2D eigenvalue weighted by Gasteiger charge is 2.23. The zero-order valence-electron chi connectivity index (χ0n) is 22.8. The van der Waals surface area contributed by atoms with Crippen molar-refractivity contribution < 1.29 is 9.50 Å². The van der Waals surface area contributed by atoms with Crippen molar-refractivity contribution in [2.45, 2.75) is 58.2 Å². The van der Waals surface area contributed by atoms with Gasteiger partial charge < -0.3 is 19.9 Å². The van der Waals surface area contributed by atoms with Crippen molar-refractivity contribution in [3.63, 3.8) is 0 Å². The highest BCUT2D eigenvalue weighted by molar-refractivity contribution is 5.85. The Hall–Kier alpha value is -3.82. The number of hydrogen-bond donors (Lipinski definition) is 2. The van der Waals surface area contributed by atoms with Gasteiger partial charge in [0.15, 0.2) is 11.5 Å². The number of aliphatic hydroxyl groups is 1. The molecule has 2 N–H and O–H groups in total. The van der Waals surface area contributed by atoms with E-state index in [9.17, 15) is 9.50 Å². The smallest absolute Gasteiger partial charge is 0.229 e. The molecule has 0 atom stereocenters. The first-order chi connectivity index (χ1) is 18.7. The van der Waals surface area contributed by atoms with Gasteiger partial charge in [-0.25, -0.2) is 14.4 Å². The molecule has 8 nitrogen and oxygen atoms in total. The SMILES string of the molecule is CC(C)N1CCC(n2ccc3cc(Nc4ncc5c(F)cn(-c6cccc(C(C)(C)O)n6)c5n4)ccc32)CC1. The van der Waals surface area contributed by atoms with Gasteiger partial charge in [0.1, 0.15) is 11.4 Å². The van der Waals surface area contributed by atoms with Crippen LogP contribution in [0.25, 0.3) is 27.8 Å². The summed E-state index contributed by atoms with van der Waals surface area (Å²) < 4.78 is 18.8. The topological polar surface area (TPSA) is 84.0 Å². The first kappa shape index (κ1) is 25.5. The average Bonchev–Trinajstić information content (AvgIpc) is 3.49. The van der Waals surface area contributed by atoms with Crippen LogP contribution in [0.15, 0.2) is 61.1 Å². The molecule has 1 saturated heterocycles. The average molecular weight is 528 g/mol. The van der Waals surface area contributed by atoms with E-state index in [0.717, 1.165) is 37.0 Å². The molecule has 4 aromatic heterocycles. The van der Waals surface area contributed by atoms with Crippen LogP contribution < -0.4 is 5.32 Å². The lowest BCUT2D eigenvalue weighted by Gasteiger charge is -2.35. The zero-order chi connectivity index (χ0) is 27.3. The maximum atomic E-state index is 14.8. The lowest BCUT2D eigenvalue weighted by molar-refractivity contribution is 0.0738. The first-order valence-corrected chi connectivity index (χ1v) is 13.5. The lowest BCUT2D eigenvalue weighted by atomic mass is 10.0. The molecule has 1 aliphatic rings.